The molecule has 4 rings (SSSR count). The Morgan fingerprint density at radius 2 is 1.44 bits per heavy atom. The maximum absolute atomic E-state index is 13.2. The Balaban J connectivity index is 1.53. The van der Waals surface area contributed by atoms with Crippen LogP contribution in [0.25, 0.3) is 0 Å². The van der Waals surface area contributed by atoms with Crippen LogP contribution in [0.2, 0.25) is 5.02 Å². The first-order valence-electron chi connectivity index (χ1n) is 10.4. The molecule has 4 aromatic rings. The van der Waals surface area contributed by atoms with E-state index in [1.807, 2.05) is 36.4 Å². The van der Waals surface area contributed by atoms with E-state index in [0.29, 0.717) is 22.0 Å². The van der Waals surface area contributed by atoms with E-state index in [9.17, 15) is 14.0 Å². The van der Waals surface area contributed by atoms with E-state index in [4.69, 9.17) is 11.6 Å². The van der Waals surface area contributed by atoms with Gasteiger partial charge in [-0.15, -0.1) is 11.8 Å². The normalized spacial score (nSPS) is 11.5. The SMILES string of the molecule is O=C(Nc1cccc(SC(C(=O)Nc2cccc(Cl)c2)c2ccccc2)c1)c1ccc(F)cc1. The van der Waals surface area contributed by atoms with Crippen molar-refractivity contribution in [1.82, 2.24) is 0 Å². The van der Waals surface area contributed by atoms with Crippen LogP contribution in [0, 0.1) is 5.82 Å². The Bertz CT molecular complexity index is 1300. The lowest BCUT2D eigenvalue weighted by Crippen LogP contribution is -2.19. The number of hydrogen-bond donors (Lipinski definition) is 2. The molecule has 34 heavy (non-hydrogen) atoms. The highest BCUT2D eigenvalue weighted by atomic mass is 35.5. The number of rotatable bonds is 7. The van der Waals surface area contributed by atoms with Gasteiger partial charge in [0.25, 0.3) is 5.91 Å². The third-order valence-corrected chi connectivity index (χ3v) is 6.37. The van der Waals surface area contributed by atoms with Gasteiger partial charge in [0.1, 0.15) is 11.1 Å². The Morgan fingerprint density at radius 3 is 2.15 bits per heavy atom. The summed E-state index contributed by atoms with van der Waals surface area (Å²) in [4.78, 5) is 26.5. The molecule has 4 aromatic carbocycles. The minimum atomic E-state index is -0.539. The number of amides is 2. The third-order valence-electron chi connectivity index (χ3n) is 4.88. The molecular weight excluding hydrogens is 471 g/mol. The molecule has 0 fully saturated rings. The summed E-state index contributed by atoms with van der Waals surface area (Å²) in [5, 5.41) is 5.74. The van der Waals surface area contributed by atoms with Gasteiger partial charge in [-0.05, 0) is 66.2 Å². The summed E-state index contributed by atoms with van der Waals surface area (Å²) in [7, 11) is 0. The fourth-order valence-electron chi connectivity index (χ4n) is 3.26. The smallest absolute Gasteiger partial charge is 0.255 e. The zero-order chi connectivity index (χ0) is 23.9. The predicted molar refractivity (Wildman–Crippen MR) is 136 cm³/mol. The second-order valence-corrected chi connectivity index (χ2v) is 9.01. The first-order chi connectivity index (χ1) is 16.5. The minimum Gasteiger partial charge on any atom is -0.325 e. The zero-order valence-corrected chi connectivity index (χ0v) is 19.4. The quantitative estimate of drug-likeness (QED) is 0.269. The third kappa shape index (κ3) is 6.25. The number of halogens is 2. The van der Waals surface area contributed by atoms with Crippen molar-refractivity contribution in [3.63, 3.8) is 0 Å². The molecule has 170 valence electrons. The van der Waals surface area contributed by atoms with Crippen molar-refractivity contribution < 1.29 is 14.0 Å². The van der Waals surface area contributed by atoms with Crippen LogP contribution in [0.3, 0.4) is 0 Å². The van der Waals surface area contributed by atoms with Crippen LogP contribution >= 0.6 is 23.4 Å². The number of carbonyl (C=O) groups excluding carboxylic acids is 2. The largest absolute Gasteiger partial charge is 0.325 e. The van der Waals surface area contributed by atoms with Gasteiger partial charge in [0.05, 0.1) is 0 Å². The molecule has 0 aliphatic heterocycles. The maximum atomic E-state index is 13.2. The number of hydrogen-bond acceptors (Lipinski definition) is 3. The van der Waals surface area contributed by atoms with Gasteiger partial charge in [-0.25, -0.2) is 4.39 Å². The molecule has 0 bridgehead atoms. The van der Waals surface area contributed by atoms with Crippen LogP contribution in [0.15, 0.2) is 108 Å². The highest BCUT2D eigenvalue weighted by molar-refractivity contribution is 8.00. The molecule has 0 saturated heterocycles. The average molecular weight is 491 g/mol. The molecule has 0 aliphatic carbocycles. The van der Waals surface area contributed by atoms with Crippen molar-refractivity contribution >= 4 is 46.6 Å². The van der Waals surface area contributed by atoms with Gasteiger partial charge in [-0.2, -0.15) is 0 Å². The van der Waals surface area contributed by atoms with E-state index in [-0.39, 0.29) is 11.8 Å². The standard InChI is InChI=1S/C27H20ClFN2O2S/c28-20-8-4-9-22(16-20)31-27(33)25(18-6-2-1-3-7-18)34-24-11-5-10-23(17-24)30-26(32)19-12-14-21(29)15-13-19/h1-17,25H,(H,30,32)(H,31,33). The molecule has 2 amide bonds. The van der Waals surface area contributed by atoms with Crippen LogP contribution < -0.4 is 10.6 Å². The van der Waals surface area contributed by atoms with Gasteiger partial charge >= 0.3 is 0 Å². The van der Waals surface area contributed by atoms with Gasteiger partial charge in [0.2, 0.25) is 5.91 Å². The van der Waals surface area contributed by atoms with E-state index in [0.717, 1.165) is 10.5 Å². The molecule has 1 unspecified atom stereocenters. The number of benzene rings is 4. The summed E-state index contributed by atoms with van der Waals surface area (Å²) >= 11 is 7.42. The molecule has 1 atom stereocenters. The summed E-state index contributed by atoms with van der Waals surface area (Å²) in [5.41, 5.74) is 2.37. The molecule has 0 aromatic heterocycles. The summed E-state index contributed by atoms with van der Waals surface area (Å²) in [6.07, 6.45) is 0. The Morgan fingerprint density at radius 1 is 0.765 bits per heavy atom. The topological polar surface area (TPSA) is 58.2 Å². The summed E-state index contributed by atoms with van der Waals surface area (Å²) in [6.45, 7) is 0. The lowest BCUT2D eigenvalue weighted by molar-refractivity contribution is -0.115. The molecule has 0 saturated carbocycles. The minimum absolute atomic E-state index is 0.195. The van der Waals surface area contributed by atoms with Crippen molar-refractivity contribution in [2.45, 2.75) is 10.1 Å². The van der Waals surface area contributed by atoms with E-state index in [1.165, 1.54) is 36.0 Å². The molecule has 4 nitrogen and oxygen atoms in total. The van der Waals surface area contributed by atoms with Crippen molar-refractivity contribution in [2.24, 2.45) is 0 Å². The fraction of sp³-hybridized carbons (Fsp3) is 0.0370. The van der Waals surface area contributed by atoms with Gasteiger partial charge in [-0.1, -0.05) is 54.1 Å². The number of nitrogens with one attached hydrogen (secondary N) is 2. The average Bonchev–Trinajstić information content (AvgIpc) is 2.83. The molecule has 0 heterocycles. The Kier molecular flexibility index (Phi) is 7.62. The second-order valence-electron chi connectivity index (χ2n) is 7.40. The van der Waals surface area contributed by atoms with Crippen molar-refractivity contribution in [3.8, 4) is 0 Å². The molecule has 0 aliphatic rings. The predicted octanol–water partition coefficient (Wildman–Crippen LogP) is 7.20. The monoisotopic (exact) mass is 490 g/mol. The molecule has 0 radical (unpaired) electrons. The molecule has 2 N–H and O–H groups in total. The molecule has 7 heteroatoms. The van der Waals surface area contributed by atoms with E-state index >= 15 is 0 Å². The van der Waals surface area contributed by atoms with Gasteiger partial charge < -0.3 is 10.6 Å². The van der Waals surface area contributed by atoms with Crippen molar-refractivity contribution in [2.75, 3.05) is 10.6 Å². The van der Waals surface area contributed by atoms with E-state index in [1.54, 1.807) is 42.5 Å². The van der Waals surface area contributed by atoms with Gasteiger partial charge in [0.15, 0.2) is 0 Å². The van der Waals surface area contributed by atoms with Crippen molar-refractivity contribution in [1.29, 1.82) is 0 Å². The van der Waals surface area contributed by atoms with Gasteiger partial charge in [-0.3, -0.25) is 9.59 Å². The summed E-state index contributed by atoms with van der Waals surface area (Å²) < 4.78 is 13.1. The van der Waals surface area contributed by atoms with Crippen LogP contribution in [0.4, 0.5) is 15.8 Å². The highest BCUT2D eigenvalue weighted by Gasteiger charge is 2.22. The van der Waals surface area contributed by atoms with Crippen LogP contribution in [0.1, 0.15) is 21.2 Å². The van der Waals surface area contributed by atoms with Crippen molar-refractivity contribution in [3.05, 3.63) is 125 Å². The van der Waals surface area contributed by atoms with Crippen LogP contribution in [0.5, 0.6) is 0 Å². The van der Waals surface area contributed by atoms with Crippen LogP contribution in [-0.4, -0.2) is 11.8 Å². The lowest BCUT2D eigenvalue weighted by atomic mass is 10.1. The number of thioether (sulfide) groups is 1. The first-order valence-corrected chi connectivity index (χ1v) is 11.7. The number of anilines is 2. The highest BCUT2D eigenvalue weighted by Crippen LogP contribution is 2.37. The lowest BCUT2D eigenvalue weighted by Gasteiger charge is -2.18. The van der Waals surface area contributed by atoms with E-state index < -0.39 is 11.1 Å². The first kappa shape index (κ1) is 23.5. The Hall–Kier alpha value is -3.61. The van der Waals surface area contributed by atoms with E-state index in [2.05, 4.69) is 10.6 Å². The molecule has 0 spiro atoms. The summed E-state index contributed by atoms with van der Waals surface area (Å²) in [6, 6.07) is 29.0. The number of carbonyl (C=O) groups is 2. The zero-order valence-electron chi connectivity index (χ0n) is 17.9. The maximum Gasteiger partial charge on any atom is 0.255 e. The molecular formula is C27H20ClFN2O2S. The van der Waals surface area contributed by atoms with Gasteiger partial charge in [0, 0.05) is 26.9 Å². The fourth-order valence-corrected chi connectivity index (χ4v) is 4.54. The second kappa shape index (κ2) is 11.0. The van der Waals surface area contributed by atoms with Crippen LogP contribution in [-0.2, 0) is 4.79 Å². The summed E-state index contributed by atoms with van der Waals surface area (Å²) in [5.74, 6) is -0.947. The Labute approximate surface area is 206 Å².